The van der Waals surface area contributed by atoms with E-state index in [4.69, 9.17) is 11.5 Å². The Kier molecular flexibility index (Phi) is 4.56. The Balaban J connectivity index is 1.64. The molecule has 27 heavy (non-hydrogen) atoms. The topological polar surface area (TPSA) is 113 Å². The number of rotatable bonds is 4. The maximum Gasteiger partial charge on any atom is 0.124 e. The van der Waals surface area contributed by atoms with Gasteiger partial charge < -0.3 is 26.9 Å². The Morgan fingerprint density at radius 1 is 1.15 bits per heavy atom. The Hall–Kier alpha value is -3.25. The van der Waals surface area contributed by atoms with Gasteiger partial charge in [0.25, 0.3) is 0 Å². The minimum Gasteiger partial charge on any atom is -0.507 e. The molecular weight excluding hydrogens is 338 g/mol. The fourth-order valence-electron chi connectivity index (χ4n) is 3.74. The molecule has 138 valence electrons. The molecule has 1 aliphatic heterocycles. The fraction of sp³-hybridized carbons (Fsp3) is 0.190. The third-order valence-corrected chi connectivity index (χ3v) is 5.15. The average Bonchev–Trinajstić information content (AvgIpc) is 3.30. The third kappa shape index (κ3) is 3.39. The van der Waals surface area contributed by atoms with Crippen LogP contribution >= 0.6 is 0 Å². The van der Waals surface area contributed by atoms with Gasteiger partial charge in [0.2, 0.25) is 0 Å². The smallest absolute Gasteiger partial charge is 0.124 e. The number of aromatic hydroxyl groups is 1. The van der Waals surface area contributed by atoms with Crippen LogP contribution < -0.4 is 16.8 Å². The van der Waals surface area contributed by atoms with E-state index in [-0.39, 0.29) is 11.7 Å². The molecule has 0 saturated carbocycles. The van der Waals surface area contributed by atoms with Gasteiger partial charge in [0, 0.05) is 59.8 Å². The van der Waals surface area contributed by atoms with Crippen LogP contribution in [0.25, 0.3) is 11.8 Å². The van der Waals surface area contributed by atoms with Crippen molar-refractivity contribution in [3.63, 3.8) is 0 Å². The number of aromatic nitrogens is 2. The second kappa shape index (κ2) is 7.17. The number of aromatic amines is 1. The van der Waals surface area contributed by atoms with E-state index in [2.05, 4.69) is 21.4 Å². The normalized spacial score (nSPS) is 20.1. The number of nitrogens with one attached hydrogen (secondary N) is 2. The quantitative estimate of drug-likeness (QED) is 0.490. The lowest BCUT2D eigenvalue weighted by molar-refractivity contribution is 0.473. The van der Waals surface area contributed by atoms with Crippen LogP contribution in [0.4, 0.5) is 5.82 Å². The van der Waals surface area contributed by atoms with Crippen molar-refractivity contribution in [2.45, 2.75) is 11.8 Å². The van der Waals surface area contributed by atoms with Crippen LogP contribution in [0.2, 0.25) is 0 Å². The fourth-order valence-corrected chi connectivity index (χ4v) is 3.74. The molecule has 0 spiro atoms. The van der Waals surface area contributed by atoms with Gasteiger partial charge in [0.15, 0.2) is 0 Å². The van der Waals surface area contributed by atoms with Crippen molar-refractivity contribution in [1.29, 1.82) is 0 Å². The largest absolute Gasteiger partial charge is 0.507 e. The zero-order valence-corrected chi connectivity index (χ0v) is 14.9. The number of phenols is 1. The number of anilines is 1. The van der Waals surface area contributed by atoms with Gasteiger partial charge in [-0.05, 0) is 35.9 Å². The summed E-state index contributed by atoms with van der Waals surface area (Å²) in [6, 6.07) is 13.1. The van der Waals surface area contributed by atoms with E-state index in [1.807, 2.05) is 24.4 Å². The summed E-state index contributed by atoms with van der Waals surface area (Å²) in [5.74, 6) is 1.34. The highest BCUT2D eigenvalue weighted by Gasteiger charge is 2.31. The molecule has 0 aliphatic carbocycles. The van der Waals surface area contributed by atoms with Gasteiger partial charge in [0.05, 0.1) is 0 Å². The molecule has 2 unspecified atom stereocenters. The molecule has 1 aliphatic rings. The van der Waals surface area contributed by atoms with Crippen molar-refractivity contribution < 1.29 is 5.11 Å². The number of para-hydroxylation sites is 1. The molecule has 7 N–H and O–H groups in total. The van der Waals surface area contributed by atoms with Gasteiger partial charge in [-0.25, -0.2) is 0 Å². The first kappa shape index (κ1) is 17.2. The van der Waals surface area contributed by atoms with E-state index >= 15 is 0 Å². The molecule has 1 fully saturated rings. The first-order valence-corrected chi connectivity index (χ1v) is 8.98. The Morgan fingerprint density at radius 2 is 1.96 bits per heavy atom. The zero-order valence-electron chi connectivity index (χ0n) is 14.9. The summed E-state index contributed by atoms with van der Waals surface area (Å²) in [5, 5.41) is 13.5. The number of benzene rings is 1. The summed E-state index contributed by atoms with van der Waals surface area (Å²) >= 11 is 0. The average molecular weight is 361 g/mol. The molecule has 0 radical (unpaired) electrons. The van der Waals surface area contributed by atoms with Crippen LogP contribution in [0.15, 0.2) is 54.9 Å². The van der Waals surface area contributed by atoms with Crippen molar-refractivity contribution in [2.75, 3.05) is 18.8 Å². The zero-order chi connectivity index (χ0) is 18.8. The maximum absolute atomic E-state index is 9.99. The monoisotopic (exact) mass is 361 g/mol. The lowest BCUT2D eigenvalue weighted by atomic mass is 9.87. The van der Waals surface area contributed by atoms with Gasteiger partial charge in [0.1, 0.15) is 11.6 Å². The highest BCUT2D eigenvalue weighted by Crippen LogP contribution is 2.37. The van der Waals surface area contributed by atoms with E-state index in [0.717, 1.165) is 24.3 Å². The molecule has 0 bridgehead atoms. The second-order valence-corrected chi connectivity index (χ2v) is 6.87. The van der Waals surface area contributed by atoms with Gasteiger partial charge in [-0.15, -0.1) is 0 Å². The second-order valence-electron chi connectivity index (χ2n) is 6.87. The number of pyridine rings is 1. The number of nitrogen functional groups attached to an aromatic ring is 1. The summed E-state index contributed by atoms with van der Waals surface area (Å²) < 4.78 is 0. The maximum atomic E-state index is 9.99. The van der Waals surface area contributed by atoms with Crippen LogP contribution in [0.5, 0.6) is 5.75 Å². The number of hydrogen-bond donors (Lipinski definition) is 5. The highest BCUT2D eigenvalue weighted by atomic mass is 16.3. The third-order valence-electron chi connectivity index (χ3n) is 5.15. The standard InChI is InChI=1S/C21H23N5O/c22-18(15-5-1-2-6-20(15)27)8-14-9-19(26-21(14)23)17-12-25-11-16(17)13-4-3-7-24-10-13/h1-10,16-17,25-27H,11-12,22-23H2/b18-8-. The van der Waals surface area contributed by atoms with E-state index < -0.39 is 0 Å². The van der Waals surface area contributed by atoms with Crippen LogP contribution in [-0.2, 0) is 0 Å². The van der Waals surface area contributed by atoms with E-state index in [0.29, 0.717) is 23.0 Å². The van der Waals surface area contributed by atoms with E-state index in [1.165, 1.54) is 5.56 Å². The SMILES string of the molecule is N/C(=C\c1cc(C2CNCC2c2cccnc2)[nH]c1N)c1ccccc1O. The summed E-state index contributed by atoms with van der Waals surface area (Å²) in [5.41, 5.74) is 16.6. The van der Waals surface area contributed by atoms with Crippen LogP contribution in [0.3, 0.4) is 0 Å². The first-order valence-electron chi connectivity index (χ1n) is 8.98. The number of H-pyrrole nitrogens is 1. The van der Waals surface area contributed by atoms with E-state index in [9.17, 15) is 5.11 Å². The van der Waals surface area contributed by atoms with E-state index in [1.54, 1.807) is 30.5 Å². The predicted octanol–water partition coefficient (Wildman–Crippen LogP) is 2.62. The van der Waals surface area contributed by atoms with Crippen molar-refractivity contribution in [1.82, 2.24) is 15.3 Å². The minimum atomic E-state index is 0.150. The Labute approximate surface area is 157 Å². The molecule has 1 saturated heterocycles. The summed E-state index contributed by atoms with van der Waals surface area (Å²) in [4.78, 5) is 7.56. The molecule has 3 aromatic rings. The van der Waals surface area contributed by atoms with Crippen molar-refractivity contribution in [3.8, 4) is 5.75 Å². The Morgan fingerprint density at radius 3 is 2.74 bits per heavy atom. The van der Waals surface area contributed by atoms with Gasteiger partial charge in [-0.3, -0.25) is 4.98 Å². The molecule has 0 amide bonds. The molecular formula is C21H23N5O. The number of hydrogen-bond acceptors (Lipinski definition) is 5. The van der Waals surface area contributed by atoms with Crippen LogP contribution in [-0.4, -0.2) is 28.2 Å². The molecule has 3 heterocycles. The van der Waals surface area contributed by atoms with Crippen LogP contribution in [0, 0.1) is 0 Å². The molecule has 1 aromatic carbocycles. The lowest BCUT2D eigenvalue weighted by Gasteiger charge is -2.17. The van der Waals surface area contributed by atoms with Gasteiger partial charge >= 0.3 is 0 Å². The number of nitrogens with two attached hydrogens (primary N) is 2. The van der Waals surface area contributed by atoms with Gasteiger partial charge in [-0.2, -0.15) is 0 Å². The first-order chi connectivity index (χ1) is 13.1. The summed E-state index contributed by atoms with van der Waals surface area (Å²) in [6.07, 6.45) is 5.51. The van der Waals surface area contributed by atoms with Crippen LogP contribution in [0.1, 0.15) is 34.2 Å². The summed E-state index contributed by atoms with van der Waals surface area (Å²) in [6.45, 7) is 1.78. The molecule has 2 aromatic heterocycles. The number of phenolic OH excluding ortho intramolecular Hbond substituents is 1. The lowest BCUT2D eigenvalue weighted by Crippen LogP contribution is -2.09. The van der Waals surface area contributed by atoms with Gasteiger partial charge in [-0.1, -0.05) is 18.2 Å². The molecule has 6 nitrogen and oxygen atoms in total. The van der Waals surface area contributed by atoms with Crippen molar-refractivity contribution >= 4 is 17.6 Å². The number of nitrogens with zero attached hydrogens (tertiary/aromatic N) is 1. The molecule has 6 heteroatoms. The molecule has 4 rings (SSSR count). The minimum absolute atomic E-state index is 0.150. The molecule has 2 atom stereocenters. The Bertz CT molecular complexity index is 964. The predicted molar refractivity (Wildman–Crippen MR) is 108 cm³/mol. The van der Waals surface area contributed by atoms with Crippen molar-refractivity contribution in [3.05, 3.63) is 77.2 Å². The summed E-state index contributed by atoms with van der Waals surface area (Å²) in [7, 11) is 0. The highest BCUT2D eigenvalue weighted by molar-refractivity contribution is 5.84. The van der Waals surface area contributed by atoms with Crippen molar-refractivity contribution in [2.24, 2.45) is 5.73 Å².